The highest BCUT2D eigenvalue weighted by Gasteiger charge is 2.11. The van der Waals surface area contributed by atoms with Crippen LogP contribution in [0.15, 0.2) is 45.3 Å². The van der Waals surface area contributed by atoms with E-state index in [0.29, 0.717) is 0 Å². The summed E-state index contributed by atoms with van der Waals surface area (Å²) in [4.78, 5) is 17.6. The Balaban J connectivity index is 1.70. The Bertz CT molecular complexity index is 897. The number of nitrogens with zero attached hydrogens (tertiary/aromatic N) is 3. The van der Waals surface area contributed by atoms with Crippen LogP contribution in [0.4, 0.5) is 0 Å². The van der Waals surface area contributed by atoms with Gasteiger partial charge in [-0.15, -0.1) is 11.3 Å². The third kappa shape index (κ3) is 3.51. The van der Waals surface area contributed by atoms with Gasteiger partial charge in [-0.2, -0.15) is 5.10 Å². The van der Waals surface area contributed by atoms with E-state index >= 15 is 0 Å². The lowest BCUT2D eigenvalue weighted by Gasteiger charge is -2.02. The number of rotatable bonds is 4. The monoisotopic (exact) mass is 390 g/mol. The van der Waals surface area contributed by atoms with Crippen molar-refractivity contribution < 1.29 is 4.79 Å². The van der Waals surface area contributed by atoms with Crippen molar-refractivity contribution in [1.82, 2.24) is 15.0 Å². The van der Waals surface area contributed by atoms with Crippen molar-refractivity contribution >= 4 is 49.9 Å². The number of amides is 1. The van der Waals surface area contributed by atoms with Crippen molar-refractivity contribution in [2.45, 2.75) is 13.3 Å². The van der Waals surface area contributed by atoms with E-state index in [1.54, 1.807) is 11.3 Å². The molecule has 23 heavy (non-hydrogen) atoms. The van der Waals surface area contributed by atoms with Crippen molar-refractivity contribution in [3.63, 3.8) is 0 Å². The Kier molecular flexibility index (Phi) is 4.58. The Morgan fingerprint density at radius 1 is 1.35 bits per heavy atom. The summed E-state index contributed by atoms with van der Waals surface area (Å²) < 4.78 is 2.97. The molecule has 0 fully saturated rings. The van der Waals surface area contributed by atoms with Gasteiger partial charge in [-0.3, -0.25) is 4.79 Å². The number of fused-ring (bicyclic) bond motifs is 1. The maximum Gasteiger partial charge on any atom is 0.247 e. The predicted octanol–water partition coefficient (Wildman–Crippen LogP) is 3.48. The number of carbonyl (C=O) groups is 1. The number of para-hydroxylation sites is 2. The van der Waals surface area contributed by atoms with Gasteiger partial charge in [0.1, 0.15) is 5.82 Å². The molecule has 2 heterocycles. The summed E-state index contributed by atoms with van der Waals surface area (Å²) in [7, 11) is 1.91. The van der Waals surface area contributed by atoms with E-state index in [0.717, 1.165) is 31.2 Å². The van der Waals surface area contributed by atoms with Crippen LogP contribution in [0, 0.1) is 0 Å². The molecule has 1 aromatic carbocycles. The second-order valence-corrected chi connectivity index (χ2v) is 7.55. The van der Waals surface area contributed by atoms with E-state index in [4.69, 9.17) is 0 Å². The number of imidazole rings is 1. The number of thiophene rings is 1. The lowest BCUT2D eigenvalue weighted by atomic mass is 10.3. The van der Waals surface area contributed by atoms with Gasteiger partial charge in [0.05, 0.1) is 31.8 Å². The molecule has 7 heteroatoms. The van der Waals surface area contributed by atoms with Gasteiger partial charge in [0.2, 0.25) is 5.91 Å². The maximum absolute atomic E-state index is 12.1. The van der Waals surface area contributed by atoms with Crippen molar-refractivity contribution in [1.29, 1.82) is 0 Å². The first-order valence-electron chi connectivity index (χ1n) is 7.04. The molecule has 3 rings (SSSR count). The van der Waals surface area contributed by atoms with Crippen LogP contribution in [0.5, 0.6) is 0 Å². The van der Waals surface area contributed by atoms with Gasteiger partial charge in [-0.05, 0) is 47.1 Å². The highest BCUT2D eigenvalue weighted by Crippen LogP contribution is 2.22. The zero-order valence-corrected chi connectivity index (χ0v) is 15.1. The summed E-state index contributed by atoms with van der Waals surface area (Å²) in [6.07, 6.45) is 0.191. The summed E-state index contributed by atoms with van der Waals surface area (Å²) in [6.45, 7) is 1.87. The molecule has 0 bridgehead atoms. The molecular weight excluding hydrogens is 376 g/mol. The molecule has 0 spiro atoms. The minimum atomic E-state index is -0.182. The molecule has 118 valence electrons. The smallest absolute Gasteiger partial charge is 0.247 e. The molecule has 0 unspecified atom stereocenters. The summed E-state index contributed by atoms with van der Waals surface area (Å²) >= 11 is 4.99. The number of hydrazone groups is 1. The Morgan fingerprint density at radius 3 is 2.83 bits per heavy atom. The molecule has 0 atom stereocenters. The fourth-order valence-electron chi connectivity index (χ4n) is 2.25. The molecular formula is C16H15BrN4OS. The van der Waals surface area contributed by atoms with Crippen LogP contribution in [0.2, 0.25) is 0 Å². The van der Waals surface area contributed by atoms with E-state index < -0.39 is 0 Å². The fourth-order valence-corrected chi connectivity index (χ4v) is 3.58. The standard InChI is InChI=1S/C16H15BrN4OS/c1-10(13-7-8-14(17)23-13)19-20-16(22)9-15-18-11-5-3-4-6-12(11)21(15)2/h3-8H,9H2,1-2H3,(H,20,22). The first-order chi connectivity index (χ1) is 11.0. The van der Waals surface area contributed by atoms with E-state index in [2.05, 4.69) is 31.4 Å². The number of halogens is 1. The SMILES string of the molecule is CC(=NNC(=O)Cc1nc2ccccc2n1C)c1ccc(Br)s1. The first-order valence-corrected chi connectivity index (χ1v) is 8.64. The Labute approximate surface area is 146 Å². The second kappa shape index (κ2) is 6.64. The third-order valence-corrected chi connectivity index (χ3v) is 5.21. The van der Waals surface area contributed by atoms with Gasteiger partial charge < -0.3 is 4.57 Å². The van der Waals surface area contributed by atoms with Crippen molar-refractivity contribution in [2.75, 3.05) is 0 Å². The molecule has 1 amide bonds. The maximum atomic E-state index is 12.1. The highest BCUT2D eigenvalue weighted by atomic mass is 79.9. The quantitative estimate of drug-likeness (QED) is 0.547. The van der Waals surface area contributed by atoms with Gasteiger partial charge >= 0.3 is 0 Å². The van der Waals surface area contributed by atoms with Gasteiger partial charge in [-0.1, -0.05) is 12.1 Å². The van der Waals surface area contributed by atoms with E-state index in [9.17, 15) is 4.79 Å². The third-order valence-electron chi connectivity index (χ3n) is 3.48. The number of nitrogens with one attached hydrogen (secondary N) is 1. The van der Waals surface area contributed by atoms with Crippen LogP contribution in [-0.2, 0) is 18.3 Å². The summed E-state index contributed by atoms with van der Waals surface area (Å²) in [5, 5.41) is 4.16. The van der Waals surface area contributed by atoms with Crippen molar-refractivity contribution in [2.24, 2.45) is 12.1 Å². The number of aryl methyl sites for hydroxylation is 1. The molecule has 2 aromatic heterocycles. The lowest BCUT2D eigenvalue weighted by Crippen LogP contribution is -2.22. The largest absolute Gasteiger partial charge is 0.331 e. The number of hydrogen-bond donors (Lipinski definition) is 1. The summed E-state index contributed by atoms with van der Waals surface area (Å²) in [6, 6.07) is 11.7. The van der Waals surface area contributed by atoms with Gasteiger partial charge in [0, 0.05) is 7.05 Å². The van der Waals surface area contributed by atoms with E-state index in [-0.39, 0.29) is 12.3 Å². The van der Waals surface area contributed by atoms with Crippen molar-refractivity contribution in [3.05, 3.63) is 50.9 Å². The molecule has 0 radical (unpaired) electrons. The lowest BCUT2D eigenvalue weighted by molar-refractivity contribution is -0.120. The van der Waals surface area contributed by atoms with Crippen LogP contribution in [0.3, 0.4) is 0 Å². The molecule has 0 aliphatic heterocycles. The normalized spacial score (nSPS) is 11.9. The zero-order chi connectivity index (χ0) is 16.4. The average Bonchev–Trinajstić information content (AvgIpc) is 3.10. The number of carbonyl (C=O) groups excluding carboxylic acids is 1. The van der Waals surface area contributed by atoms with Crippen molar-refractivity contribution in [3.8, 4) is 0 Å². The second-order valence-electron chi connectivity index (χ2n) is 5.09. The number of hydrogen-bond acceptors (Lipinski definition) is 4. The topological polar surface area (TPSA) is 59.3 Å². The molecule has 5 nitrogen and oxygen atoms in total. The first kappa shape index (κ1) is 15.9. The van der Waals surface area contributed by atoms with E-state index in [1.165, 1.54) is 0 Å². The van der Waals surface area contributed by atoms with Crippen LogP contribution >= 0.6 is 27.3 Å². The van der Waals surface area contributed by atoms with Crippen LogP contribution in [-0.4, -0.2) is 21.2 Å². The zero-order valence-electron chi connectivity index (χ0n) is 12.7. The molecule has 0 aliphatic rings. The predicted molar refractivity (Wildman–Crippen MR) is 96.8 cm³/mol. The molecule has 3 aromatic rings. The Hall–Kier alpha value is -1.99. The summed E-state index contributed by atoms with van der Waals surface area (Å²) in [5.41, 5.74) is 5.28. The van der Waals surface area contributed by atoms with Crippen LogP contribution in [0.1, 0.15) is 17.6 Å². The Morgan fingerprint density at radius 2 is 2.13 bits per heavy atom. The van der Waals surface area contributed by atoms with Gasteiger partial charge in [-0.25, -0.2) is 10.4 Å². The molecule has 0 saturated carbocycles. The molecule has 0 aliphatic carbocycles. The molecule has 0 saturated heterocycles. The van der Waals surface area contributed by atoms with E-state index in [1.807, 2.05) is 54.9 Å². The highest BCUT2D eigenvalue weighted by molar-refractivity contribution is 9.11. The average molecular weight is 391 g/mol. The fraction of sp³-hybridized carbons (Fsp3) is 0.188. The number of benzene rings is 1. The minimum Gasteiger partial charge on any atom is -0.331 e. The van der Waals surface area contributed by atoms with Crippen LogP contribution in [0.25, 0.3) is 11.0 Å². The van der Waals surface area contributed by atoms with Gasteiger partial charge in [0.15, 0.2) is 0 Å². The van der Waals surface area contributed by atoms with Crippen LogP contribution < -0.4 is 5.43 Å². The van der Waals surface area contributed by atoms with Gasteiger partial charge in [0.25, 0.3) is 0 Å². The summed E-state index contributed by atoms with van der Waals surface area (Å²) in [5.74, 6) is 0.536. The number of aromatic nitrogens is 2. The molecule has 1 N–H and O–H groups in total. The minimum absolute atomic E-state index is 0.182.